The third kappa shape index (κ3) is 6.99. The molecule has 6 rings (SSSR count). The van der Waals surface area contributed by atoms with Crippen molar-refractivity contribution in [1.82, 2.24) is 29.6 Å². The third-order valence-corrected chi connectivity index (χ3v) is 11.2. The first-order chi connectivity index (χ1) is 22.3. The Morgan fingerprint density at radius 3 is 2.17 bits per heavy atom. The predicted molar refractivity (Wildman–Crippen MR) is 183 cm³/mol. The summed E-state index contributed by atoms with van der Waals surface area (Å²) in [6, 6.07) is 20.7. The van der Waals surface area contributed by atoms with Crippen LogP contribution in [-0.2, 0) is 6.54 Å². The Morgan fingerprint density at radius 2 is 1.57 bits per heavy atom. The van der Waals surface area contributed by atoms with Crippen molar-refractivity contribution in [1.29, 1.82) is 0 Å². The van der Waals surface area contributed by atoms with E-state index >= 15 is 0 Å². The molecule has 1 aromatic heterocycles. The molecule has 3 aliphatic rings. The number of carbonyl (C=O) groups excluding carboxylic acids is 1. The molecule has 8 heteroatoms. The first-order valence-corrected chi connectivity index (χ1v) is 17.2. The van der Waals surface area contributed by atoms with Crippen LogP contribution in [0, 0.1) is 19.8 Å². The Balaban J connectivity index is 1.08. The second-order valence-corrected chi connectivity index (χ2v) is 14.1. The lowest BCUT2D eigenvalue weighted by molar-refractivity contribution is -0.0439. The van der Waals surface area contributed by atoms with Gasteiger partial charge in [-0.1, -0.05) is 42.5 Å². The lowest BCUT2D eigenvalue weighted by Gasteiger charge is -2.54. The van der Waals surface area contributed by atoms with E-state index in [9.17, 15) is 4.79 Å². The summed E-state index contributed by atoms with van der Waals surface area (Å²) in [5.74, 6) is 1.64. The van der Waals surface area contributed by atoms with Gasteiger partial charge in [-0.15, -0.1) is 0 Å². The van der Waals surface area contributed by atoms with Crippen LogP contribution in [0.25, 0.3) is 0 Å². The zero-order valence-corrected chi connectivity index (χ0v) is 28.5. The van der Waals surface area contributed by atoms with Gasteiger partial charge in [0.05, 0.1) is 24.1 Å². The number of likely N-dealkylation sites (tertiary alicyclic amines) is 2. The number of piperidine rings is 2. The van der Waals surface area contributed by atoms with E-state index in [4.69, 9.17) is 4.74 Å². The molecular formula is C38H52N6O2. The summed E-state index contributed by atoms with van der Waals surface area (Å²) in [6.07, 6.45) is 5.97. The van der Waals surface area contributed by atoms with Crippen LogP contribution in [0.5, 0.6) is 5.75 Å². The van der Waals surface area contributed by atoms with E-state index in [0.717, 1.165) is 82.3 Å². The molecule has 0 radical (unpaired) electrons. The van der Waals surface area contributed by atoms with Crippen molar-refractivity contribution in [3.63, 3.8) is 0 Å². The van der Waals surface area contributed by atoms with Gasteiger partial charge in [-0.3, -0.25) is 19.5 Å². The number of aryl methyl sites for hydroxylation is 2. The first kappa shape index (κ1) is 32.6. The number of hydrogen-bond acceptors (Lipinski definition) is 7. The molecule has 2 atom stereocenters. The van der Waals surface area contributed by atoms with Gasteiger partial charge in [0.1, 0.15) is 12.1 Å². The van der Waals surface area contributed by atoms with Crippen LogP contribution in [0.3, 0.4) is 0 Å². The van der Waals surface area contributed by atoms with Gasteiger partial charge in [-0.05, 0) is 95.6 Å². The summed E-state index contributed by atoms with van der Waals surface area (Å²) in [5, 5.41) is 0. The molecule has 3 saturated heterocycles. The summed E-state index contributed by atoms with van der Waals surface area (Å²) in [6.45, 7) is 16.7. The van der Waals surface area contributed by atoms with Crippen LogP contribution in [-0.4, -0.2) is 100.0 Å². The molecule has 0 bridgehead atoms. The molecule has 4 heterocycles. The fraction of sp³-hybridized carbons (Fsp3) is 0.553. The highest BCUT2D eigenvalue weighted by Gasteiger charge is 2.43. The van der Waals surface area contributed by atoms with Gasteiger partial charge in [-0.25, -0.2) is 9.97 Å². The summed E-state index contributed by atoms with van der Waals surface area (Å²) in [7, 11) is 1.72. The Hall–Kier alpha value is -3.33. The van der Waals surface area contributed by atoms with Crippen LogP contribution in [0.15, 0.2) is 60.9 Å². The largest absolute Gasteiger partial charge is 0.497 e. The van der Waals surface area contributed by atoms with Gasteiger partial charge >= 0.3 is 0 Å². The molecule has 0 saturated carbocycles. The van der Waals surface area contributed by atoms with Crippen LogP contribution >= 0.6 is 0 Å². The van der Waals surface area contributed by atoms with E-state index in [1.165, 1.54) is 24.0 Å². The number of amides is 1. The summed E-state index contributed by atoms with van der Waals surface area (Å²) < 4.78 is 5.35. The average molecular weight is 625 g/mol. The molecule has 1 amide bonds. The number of aromatic nitrogens is 2. The first-order valence-electron chi connectivity index (χ1n) is 17.2. The SMILES string of the molecule is COc1ccc(CN2CCC([C@H](c3ccccc3)N3CCN(C4(C)CCN(C(=O)c5c(C)ncnc5C)CC4)C[C@@H]3C)CC2)cc1. The van der Waals surface area contributed by atoms with Crippen LogP contribution in [0.1, 0.15) is 78.4 Å². The molecule has 3 aliphatic heterocycles. The van der Waals surface area contributed by atoms with Crippen LogP contribution < -0.4 is 4.74 Å². The molecule has 0 spiro atoms. The topological polar surface area (TPSA) is 65.0 Å². The zero-order valence-electron chi connectivity index (χ0n) is 28.5. The van der Waals surface area contributed by atoms with E-state index in [1.807, 2.05) is 18.7 Å². The van der Waals surface area contributed by atoms with Gasteiger partial charge in [0.25, 0.3) is 5.91 Å². The molecule has 3 fully saturated rings. The lowest BCUT2D eigenvalue weighted by Crippen LogP contribution is -2.63. The van der Waals surface area contributed by atoms with Crippen molar-refractivity contribution in [3.05, 3.63) is 89.0 Å². The summed E-state index contributed by atoms with van der Waals surface area (Å²) in [4.78, 5) is 32.2. The van der Waals surface area contributed by atoms with E-state index in [1.54, 1.807) is 13.4 Å². The second-order valence-electron chi connectivity index (χ2n) is 14.1. The number of methoxy groups -OCH3 is 1. The highest BCUT2D eigenvalue weighted by Crippen LogP contribution is 2.40. The van der Waals surface area contributed by atoms with Crippen molar-refractivity contribution >= 4 is 5.91 Å². The van der Waals surface area contributed by atoms with Crippen molar-refractivity contribution in [2.75, 3.05) is 52.9 Å². The fourth-order valence-electron chi connectivity index (χ4n) is 8.24. The third-order valence-electron chi connectivity index (χ3n) is 11.2. The zero-order chi connectivity index (χ0) is 32.3. The average Bonchev–Trinajstić information content (AvgIpc) is 3.07. The molecule has 2 aromatic carbocycles. The van der Waals surface area contributed by atoms with Crippen LogP contribution in [0.4, 0.5) is 0 Å². The quantitative estimate of drug-likeness (QED) is 0.316. The number of carbonyl (C=O) groups is 1. The maximum atomic E-state index is 13.4. The molecule has 3 aromatic rings. The number of rotatable bonds is 8. The molecular weight excluding hydrogens is 572 g/mol. The number of piperazine rings is 1. The Kier molecular flexibility index (Phi) is 10.1. The maximum absolute atomic E-state index is 13.4. The number of hydrogen-bond donors (Lipinski definition) is 0. The van der Waals surface area contributed by atoms with Gasteiger partial charge in [0, 0.05) is 56.9 Å². The van der Waals surface area contributed by atoms with E-state index in [-0.39, 0.29) is 11.4 Å². The van der Waals surface area contributed by atoms with Crippen molar-refractivity contribution in [2.24, 2.45) is 5.92 Å². The van der Waals surface area contributed by atoms with Crippen molar-refractivity contribution in [3.8, 4) is 5.75 Å². The molecule has 246 valence electrons. The smallest absolute Gasteiger partial charge is 0.257 e. The molecule has 46 heavy (non-hydrogen) atoms. The predicted octanol–water partition coefficient (Wildman–Crippen LogP) is 5.76. The molecule has 0 N–H and O–H groups in total. The Morgan fingerprint density at radius 1 is 0.913 bits per heavy atom. The van der Waals surface area contributed by atoms with Crippen LogP contribution in [0.2, 0.25) is 0 Å². The summed E-state index contributed by atoms with van der Waals surface area (Å²) in [5.41, 5.74) is 5.13. The molecule has 0 aliphatic carbocycles. The minimum Gasteiger partial charge on any atom is -0.497 e. The van der Waals surface area contributed by atoms with Crippen molar-refractivity contribution < 1.29 is 9.53 Å². The monoisotopic (exact) mass is 624 g/mol. The van der Waals surface area contributed by atoms with Crippen molar-refractivity contribution in [2.45, 2.75) is 77.5 Å². The van der Waals surface area contributed by atoms with E-state index in [0.29, 0.717) is 23.6 Å². The Labute approximate surface area is 275 Å². The highest BCUT2D eigenvalue weighted by atomic mass is 16.5. The number of nitrogens with zero attached hydrogens (tertiary/aromatic N) is 6. The fourth-order valence-corrected chi connectivity index (χ4v) is 8.24. The number of benzene rings is 2. The van der Waals surface area contributed by atoms with E-state index in [2.05, 4.69) is 93.1 Å². The van der Waals surface area contributed by atoms with E-state index < -0.39 is 0 Å². The molecule has 0 unspecified atom stereocenters. The second kappa shape index (κ2) is 14.2. The lowest BCUT2D eigenvalue weighted by atomic mass is 9.82. The normalized spacial score (nSPS) is 22.5. The maximum Gasteiger partial charge on any atom is 0.257 e. The van der Waals surface area contributed by atoms with Gasteiger partial charge in [-0.2, -0.15) is 0 Å². The highest BCUT2D eigenvalue weighted by molar-refractivity contribution is 5.96. The molecule has 8 nitrogen and oxygen atoms in total. The van der Waals surface area contributed by atoms with Gasteiger partial charge < -0.3 is 9.64 Å². The minimum atomic E-state index is 0.0802. The Bertz CT molecular complexity index is 1430. The van der Waals surface area contributed by atoms with Gasteiger partial charge in [0.2, 0.25) is 0 Å². The van der Waals surface area contributed by atoms with Gasteiger partial charge in [0.15, 0.2) is 0 Å². The minimum absolute atomic E-state index is 0.0802. The summed E-state index contributed by atoms with van der Waals surface area (Å²) >= 11 is 0. The standard InChI is InChI=1S/C38H52N6O2/c1-28-25-43(38(4)17-21-42(22-18-38)37(45)35-29(2)39-27-40-30(35)3)23-24-44(28)36(32-9-7-6-8-10-32)33-15-19-41(20-16-33)26-31-11-13-34(46-5)14-12-31/h6-14,27-28,33,36H,15-26H2,1-5H3/t28-,36-/m0/s1. The number of ether oxygens (including phenoxy) is 1.